The second kappa shape index (κ2) is 14.0. The first-order valence-corrected chi connectivity index (χ1v) is 15.3. The van der Waals surface area contributed by atoms with Crippen LogP contribution in [0.2, 0.25) is 10.0 Å². The van der Waals surface area contributed by atoms with Gasteiger partial charge >= 0.3 is 0 Å². The number of benzene rings is 3. The van der Waals surface area contributed by atoms with Gasteiger partial charge in [-0.3, -0.25) is 13.9 Å². The Morgan fingerprint density at radius 1 is 0.975 bits per heavy atom. The van der Waals surface area contributed by atoms with E-state index in [-0.39, 0.29) is 35.6 Å². The van der Waals surface area contributed by atoms with Crippen LogP contribution < -0.4 is 9.62 Å². The Kier molecular flexibility index (Phi) is 11.0. The first-order valence-electron chi connectivity index (χ1n) is 12.7. The highest BCUT2D eigenvalue weighted by molar-refractivity contribution is 7.92. The van der Waals surface area contributed by atoms with Gasteiger partial charge in [-0.15, -0.1) is 0 Å². The first-order chi connectivity index (χ1) is 18.9. The Morgan fingerprint density at radius 3 is 2.20 bits per heavy atom. The number of nitrogens with zero attached hydrogens (tertiary/aromatic N) is 2. The van der Waals surface area contributed by atoms with E-state index in [9.17, 15) is 22.4 Å². The molecule has 3 rings (SSSR count). The van der Waals surface area contributed by atoms with Crippen molar-refractivity contribution < 1.29 is 22.4 Å². The third-order valence-electron chi connectivity index (χ3n) is 6.41. The van der Waals surface area contributed by atoms with Gasteiger partial charge in [0.25, 0.3) is 0 Å². The van der Waals surface area contributed by atoms with Crippen LogP contribution >= 0.6 is 23.2 Å². The van der Waals surface area contributed by atoms with Crippen LogP contribution in [0.4, 0.5) is 10.1 Å². The molecule has 2 atom stereocenters. The standard InChI is InChI=1S/C29H32Cl2FN3O4S/c1-4-20(2)33-29(37)27(16-21-8-6-5-7-9-21)34(18-22-10-12-23(30)13-11-22)28(36)19-35(40(3,38)39)24-14-15-26(32)25(31)17-24/h5-15,17,20,27H,4,16,18-19H2,1-3H3,(H,33,37)/t20-,27-/m0/s1. The van der Waals surface area contributed by atoms with E-state index >= 15 is 0 Å². The fourth-order valence-corrected chi connectivity index (χ4v) is 5.18. The molecule has 0 heterocycles. The number of anilines is 1. The van der Waals surface area contributed by atoms with Crippen molar-refractivity contribution in [3.8, 4) is 0 Å². The minimum atomic E-state index is -4.00. The monoisotopic (exact) mass is 607 g/mol. The Bertz CT molecular complexity index is 1420. The van der Waals surface area contributed by atoms with Crippen LogP contribution in [0.5, 0.6) is 0 Å². The third kappa shape index (κ3) is 8.68. The number of hydrogen-bond donors (Lipinski definition) is 1. The summed E-state index contributed by atoms with van der Waals surface area (Å²) in [5.41, 5.74) is 1.55. The maximum Gasteiger partial charge on any atom is 0.244 e. The van der Waals surface area contributed by atoms with Crippen LogP contribution in [-0.4, -0.2) is 50.0 Å². The molecule has 40 heavy (non-hydrogen) atoms. The van der Waals surface area contributed by atoms with Crippen LogP contribution in [0.3, 0.4) is 0 Å². The topological polar surface area (TPSA) is 86.8 Å². The highest BCUT2D eigenvalue weighted by Crippen LogP contribution is 2.25. The molecule has 0 fully saturated rings. The molecule has 3 aromatic carbocycles. The predicted molar refractivity (Wildman–Crippen MR) is 157 cm³/mol. The van der Waals surface area contributed by atoms with E-state index in [0.29, 0.717) is 17.0 Å². The lowest BCUT2D eigenvalue weighted by atomic mass is 10.0. The largest absolute Gasteiger partial charge is 0.352 e. The van der Waals surface area contributed by atoms with Crippen LogP contribution in [0, 0.1) is 5.82 Å². The van der Waals surface area contributed by atoms with Crippen LogP contribution in [-0.2, 0) is 32.6 Å². The zero-order valence-electron chi connectivity index (χ0n) is 22.5. The minimum absolute atomic E-state index is 0.0171. The SMILES string of the molecule is CC[C@H](C)NC(=O)[C@H](Cc1ccccc1)N(Cc1ccc(Cl)cc1)C(=O)CN(c1ccc(F)c(Cl)c1)S(C)(=O)=O. The number of sulfonamides is 1. The molecule has 3 aromatic rings. The molecule has 0 saturated heterocycles. The van der Waals surface area contributed by atoms with Gasteiger partial charge in [0, 0.05) is 24.0 Å². The molecule has 0 aliphatic rings. The molecule has 2 amide bonds. The zero-order chi connectivity index (χ0) is 29.4. The highest BCUT2D eigenvalue weighted by Gasteiger charge is 2.33. The fourth-order valence-electron chi connectivity index (χ4n) is 4.04. The summed E-state index contributed by atoms with van der Waals surface area (Å²) in [7, 11) is -4.00. The van der Waals surface area contributed by atoms with Crippen molar-refractivity contribution >= 4 is 50.7 Å². The van der Waals surface area contributed by atoms with Gasteiger partial charge in [-0.05, 0) is 54.8 Å². The van der Waals surface area contributed by atoms with E-state index in [4.69, 9.17) is 23.2 Å². The molecule has 0 aliphatic carbocycles. The summed E-state index contributed by atoms with van der Waals surface area (Å²) in [5, 5.41) is 3.19. The number of rotatable bonds is 12. The Balaban J connectivity index is 2.06. The van der Waals surface area contributed by atoms with Crippen LogP contribution in [0.25, 0.3) is 0 Å². The normalized spacial score (nSPS) is 12.8. The molecule has 0 aromatic heterocycles. The van der Waals surface area contributed by atoms with Gasteiger partial charge in [0.05, 0.1) is 17.0 Å². The van der Waals surface area contributed by atoms with E-state index in [1.807, 2.05) is 44.2 Å². The maximum absolute atomic E-state index is 14.0. The Morgan fingerprint density at radius 2 is 1.62 bits per heavy atom. The summed E-state index contributed by atoms with van der Waals surface area (Å²) in [6, 6.07) is 18.4. The summed E-state index contributed by atoms with van der Waals surface area (Å²) >= 11 is 12.0. The van der Waals surface area contributed by atoms with E-state index < -0.39 is 34.3 Å². The molecule has 0 bridgehead atoms. The lowest BCUT2D eigenvalue weighted by Crippen LogP contribution is -2.54. The van der Waals surface area contributed by atoms with Crippen molar-refractivity contribution in [2.45, 2.75) is 45.3 Å². The van der Waals surface area contributed by atoms with Gasteiger partial charge in [0.15, 0.2) is 0 Å². The summed E-state index contributed by atoms with van der Waals surface area (Å²) in [6.07, 6.45) is 1.82. The molecule has 0 saturated carbocycles. The number of nitrogens with one attached hydrogen (secondary N) is 1. The van der Waals surface area contributed by atoms with Crippen LogP contribution in [0.15, 0.2) is 72.8 Å². The van der Waals surface area contributed by atoms with Gasteiger partial charge in [-0.25, -0.2) is 12.8 Å². The van der Waals surface area contributed by atoms with Crippen molar-refractivity contribution in [2.24, 2.45) is 0 Å². The number of hydrogen-bond acceptors (Lipinski definition) is 4. The van der Waals surface area contributed by atoms with Gasteiger partial charge in [-0.2, -0.15) is 0 Å². The predicted octanol–water partition coefficient (Wildman–Crippen LogP) is 5.45. The molecule has 7 nitrogen and oxygen atoms in total. The van der Waals surface area contributed by atoms with E-state index in [1.165, 1.54) is 11.0 Å². The van der Waals surface area contributed by atoms with Gasteiger partial charge < -0.3 is 10.2 Å². The Hall–Kier alpha value is -3.14. The van der Waals surface area contributed by atoms with Crippen molar-refractivity contribution in [1.29, 1.82) is 0 Å². The van der Waals surface area contributed by atoms with E-state index in [2.05, 4.69) is 5.32 Å². The summed E-state index contributed by atoms with van der Waals surface area (Å²) in [6.45, 7) is 3.19. The molecule has 0 spiro atoms. The van der Waals surface area contributed by atoms with Crippen molar-refractivity contribution in [3.05, 3.63) is 99.8 Å². The quantitative estimate of drug-likeness (QED) is 0.296. The second-order valence-corrected chi connectivity index (χ2v) is 12.3. The van der Waals surface area contributed by atoms with Crippen LogP contribution in [0.1, 0.15) is 31.4 Å². The van der Waals surface area contributed by atoms with Crippen molar-refractivity contribution in [2.75, 3.05) is 17.1 Å². The fraction of sp³-hybridized carbons (Fsp3) is 0.310. The lowest BCUT2D eigenvalue weighted by molar-refractivity contribution is -0.140. The molecule has 11 heteroatoms. The molecule has 0 unspecified atom stereocenters. The van der Waals surface area contributed by atoms with Gasteiger partial charge in [0.1, 0.15) is 18.4 Å². The third-order valence-corrected chi connectivity index (χ3v) is 8.09. The van der Waals surface area contributed by atoms with Crippen molar-refractivity contribution in [3.63, 3.8) is 0 Å². The molecule has 214 valence electrons. The number of carbonyl (C=O) groups is 2. The average Bonchev–Trinajstić information content (AvgIpc) is 2.91. The Labute approximate surface area is 244 Å². The summed E-state index contributed by atoms with van der Waals surface area (Å²) in [4.78, 5) is 29.0. The van der Waals surface area contributed by atoms with E-state index in [1.54, 1.807) is 24.3 Å². The first kappa shape index (κ1) is 31.4. The van der Waals surface area contributed by atoms with Gasteiger partial charge in [-0.1, -0.05) is 72.6 Å². The average molecular weight is 609 g/mol. The molecule has 1 N–H and O–H groups in total. The number of carbonyl (C=O) groups excluding carboxylic acids is 2. The molecule has 0 aliphatic heterocycles. The second-order valence-electron chi connectivity index (χ2n) is 9.54. The number of amides is 2. The summed E-state index contributed by atoms with van der Waals surface area (Å²) in [5.74, 6) is -1.71. The summed E-state index contributed by atoms with van der Waals surface area (Å²) < 4.78 is 40.2. The highest BCUT2D eigenvalue weighted by atomic mass is 35.5. The molecular weight excluding hydrogens is 576 g/mol. The van der Waals surface area contributed by atoms with Crippen molar-refractivity contribution in [1.82, 2.24) is 10.2 Å². The maximum atomic E-state index is 14.0. The zero-order valence-corrected chi connectivity index (χ0v) is 24.8. The van der Waals surface area contributed by atoms with Gasteiger partial charge in [0.2, 0.25) is 21.8 Å². The molecular formula is C29H32Cl2FN3O4S. The lowest BCUT2D eigenvalue weighted by Gasteiger charge is -2.34. The number of halogens is 3. The minimum Gasteiger partial charge on any atom is -0.352 e. The molecule has 0 radical (unpaired) electrons. The smallest absolute Gasteiger partial charge is 0.244 e. The van der Waals surface area contributed by atoms with E-state index in [0.717, 1.165) is 28.3 Å².